The fraction of sp³-hybridized carbons (Fsp3) is 0.778. The van der Waals surface area contributed by atoms with E-state index in [2.05, 4.69) is 15.4 Å². The molecule has 0 saturated carbocycles. The monoisotopic (exact) mass is 202 g/mol. The van der Waals surface area contributed by atoms with Crippen molar-refractivity contribution in [3.05, 3.63) is 0 Å². The van der Waals surface area contributed by atoms with Crippen molar-refractivity contribution < 1.29 is 14.3 Å². The van der Waals surface area contributed by atoms with Crippen LogP contribution in [0.4, 0.5) is 0 Å². The molecule has 0 aliphatic heterocycles. The lowest BCUT2D eigenvalue weighted by molar-refractivity contribution is -0.130. The van der Waals surface area contributed by atoms with E-state index in [1.165, 1.54) is 7.11 Å². The minimum atomic E-state index is -0.510. The summed E-state index contributed by atoms with van der Waals surface area (Å²) in [6, 6.07) is -0.510. The van der Waals surface area contributed by atoms with Crippen molar-refractivity contribution in [1.82, 2.24) is 10.6 Å². The van der Waals surface area contributed by atoms with Crippen molar-refractivity contribution in [2.75, 3.05) is 20.3 Å². The van der Waals surface area contributed by atoms with Crippen LogP contribution in [0, 0.1) is 0 Å². The lowest BCUT2D eigenvalue weighted by Crippen LogP contribution is -2.46. The van der Waals surface area contributed by atoms with Crippen LogP contribution in [0.2, 0.25) is 0 Å². The number of methoxy groups -OCH3 is 1. The van der Waals surface area contributed by atoms with E-state index in [0.717, 1.165) is 6.42 Å². The Balaban J connectivity index is 3.76. The van der Waals surface area contributed by atoms with Gasteiger partial charge >= 0.3 is 0 Å². The first-order valence-corrected chi connectivity index (χ1v) is 4.67. The minimum absolute atomic E-state index is 0.0224. The quantitative estimate of drug-likeness (QED) is 0.619. The molecule has 2 N–H and O–H groups in total. The number of nitrogens with one attached hydrogen (secondary N) is 2. The van der Waals surface area contributed by atoms with Crippen LogP contribution < -0.4 is 10.6 Å². The van der Waals surface area contributed by atoms with Gasteiger partial charge < -0.3 is 15.4 Å². The van der Waals surface area contributed by atoms with Gasteiger partial charge in [-0.15, -0.1) is 0 Å². The number of amides is 2. The van der Waals surface area contributed by atoms with E-state index in [-0.39, 0.29) is 18.4 Å². The Labute approximate surface area is 84.2 Å². The van der Waals surface area contributed by atoms with Crippen molar-refractivity contribution in [3.63, 3.8) is 0 Å². The first kappa shape index (κ1) is 12.9. The summed E-state index contributed by atoms with van der Waals surface area (Å²) in [6.45, 7) is 4.21. The molecule has 82 valence electrons. The van der Waals surface area contributed by atoms with Gasteiger partial charge in [-0.1, -0.05) is 6.92 Å². The summed E-state index contributed by atoms with van der Waals surface area (Å²) in [7, 11) is 1.43. The summed E-state index contributed by atoms with van der Waals surface area (Å²) in [5, 5.41) is 5.20. The van der Waals surface area contributed by atoms with Crippen molar-refractivity contribution in [2.24, 2.45) is 0 Å². The molecule has 0 saturated heterocycles. The number of ether oxygens (including phenoxy) is 1. The van der Waals surface area contributed by atoms with Gasteiger partial charge in [-0.3, -0.25) is 9.59 Å². The van der Waals surface area contributed by atoms with Crippen LogP contribution in [0.15, 0.2) is 0 Å². The first-order chi connectivity index (χ1) is 6.61. The van der Waals surface area contributed by atoms with E-state index in [1.807, 2.05) is 6.92 Å². The van der Waals surface area contributed by atoms with Crippen molar-refractivity contribution in [1.29, 1.82) is 0 Å². The SMILES string of the molecule is CCCNC(=O)C(C)NC(=O)COC. The van der Waals surface area contributed by atoms with Gasteiger partial charge in [0.05, 0.1) is 0 Å². The maximum atomic E-state index is 11.3. The molecule has 0 aliphatic rings. The van der Waals surface area contributed by atoms with Gasteiger partial charge in [-0.05, 0) is 13.3 Å². The van der Waals surface area contributed by atoms with Crippen LogP contribution >= 0.6 is 0 Å². The lowest BCUT2D eigenvalue weighted by Gasteiger charge is -2.13. The molecule has 0 aliphatic carbocycles. The molecule has 1 unspecified atom stereocenters. The molecular formula is C9H18N2O3. The number of carbonyl (C=O) groups is 2. The van der Waals surface area contributed by atoms with Gasteiger partial charge in [0.25, 0.3) is 0 Å². The Hall–Kier alpha value is -1.10. The van der Waals surface area contributed by atoms with Crippen LogP contribution in [0.5, 0.6) is 0 Å². The molecule has 14 heavy (non-hydrogen) atoms. The highest BCUT2D eigenvalue weighted by molar-refractivity contribution is 5.87. The molecule has 0 fully saturated rings. The van der Waals surface area contributed by atoms with Gasteiger partial charge in [0.15, 0.2) is 0 Å². The van der Waals surface area contributed by atoms with E-state index >= 15 is 0 Å². The Morgan fingerprint density at radius 2 is 2.07 bits per heavy atom. The van der Waals surface area contributed by atoms with Crippen LogP contribution in [0.3, 0.4) is 0 Å². The standard InChI is InChI=1S/C9H18N2O3/c1-4-5-10-9(13)7(2)11-8(12)6-14-3/h7H,4-6H2,1-3H3,(H,10,13)(H,11,12). The third kappa shape index (κ3) is 5.53. The van der Waals surface area contributed by atoms with E-state index in [4.69, 9.17) is 0 Å². The summed E-state index contributed by atoms with van der Waals surface area (Å²) in [4.78, 5) is 22.3. The number of carbonyl (C=O) groups excluding carboxylic acids is 2. The molecule has 5 heteroatoms. The number of rotatable bonds is 6. The van der Waals surface area contributed by atoms with E-state index in [0.29, 0.717) is 6.54 Å². The molecule has 5 nitrogen and oxygen atoms in total. The fourth-order valence-corrected chi connectivity index (χ4v) is 0.881. The van der Waals surface area contributed by atoms with Crippen LogP contribution in [0.1, 0.15) is 20.3 Å². The third-order valence-corrected chi connectivity index (χ3v) is 1.60. The molecule has 0 rings (SSSR count). The zero-order valence-corrected chi connectivity index (χ0v) is 8.92. The fourth-order valence-electron chi connectivity index (χ4n) is 0.881. The largest absolute Gasteiger partial charge is 0.375 e. The van der Waals surface area contributed by atoms with Crippen molar-refractivity contribution in [3.8, 4) is 0 Å². The molecule has 2 amide bonds. The normalized spacial score (nSPS) is 11.9. The Morgan fingerprint density at radius 1 is 1.43 bits per heavy atom. The average molecular weight is 202 g/mol. The maximum Gasteiger partial charge on any atom is 0.246 e. The van der Waals surface area contributed by atoms with Gasteiger partial charge in [-0.2, -0.15) is 0 Å². The van der Waals surface area contributed by atoms with Gasteiger partial charge in [-0.25, -0.2) is 0 Å². The summed E-state index contributed by atoms with van der Waals surface area (Å²) in [6.07, 6.45) is 0.879. The van der Waals surface area contributed by atoms with E-state index in [9.17, 15) is 9.59 Å². The molecule has 1 atom stereocenters. The molecule has 0 aromatic carbocycles. The predicted molar refractivity (Wildman–Crippen MR) is 52.8 cm³/mol. The summed E-state index contributed by atoms with van der Waals surface area (Å²) < 4.78 is 4.62. The molecule has 0 bridgehead atoms. The first-order valence-electron chi connectivity index (χ1n) is 4.67. The Kier molecular flexibility index (Phi) is 6.74. The summed E-state index contributed by atoms with van der Waals surface area (Å²) >= 11 is 0. The molecular weight excluding hydrogens is 184 g/mol. The van der Waals surface area contributed by atoms with Crippen molar-refractivity contribution >= 4 is 11.8 Å². The van der Waals surface area contributed by atoms with Gasteiger partial charge in [0.1, 0.15) is 12.6 Å². The molecule has 0 spiro atoms. The molecule has 0 aromatic heterocycles. The smallest absolute Gasteiger partial charge is 0.246 e. The van der Waals surface area contributed by atoms with Crippen LogP contribution in [-0.4, -0.2) is 38.1 Å². The second kappa shape index (κ2) is 7.32. The Bertz CT molecular complexity index is 194. The third-order valence-electron chi connectivity index (χ3n) is 1.60. The Morgan fingerprint density at radius 3 is 2.57 bits per heavy atom. The minimum Gasteiger partial charge on any atom is -0.375 e. The molecule has 0 heterocycles. The van der Waals surface area contributed by atoms with E-state index in [1.54, 1.807) is 6.92 Å². The lowest BCUT2D eigenvalue weighted by atomic mass is 10.3. The molecule has 0 radical (unpaired) electrons. The average Bonchev–Trinajstić information content (AvgIpc) is 2.14. The van der Waals surface area contributed by atoms with E-state index < -0.39 is 6.04 Å². The van der Waals surface area contributed by atoms with Crippen LogP contribution in [0.25, 0.3) is 0 Å². The van der Waals surface area contributed by atoms with Gasteiger partial charge in [0, 0.05) is 13.7 Å². The highest BCUT2D eigenvalue weighted by Gasteiger charge is 2.13. The topological polar surface area (TPSA) is 67.4 Å². The predicted octanol–water partition coefficient (Wildman–Crippen LogP) is -0.336. The van der Waals surface area contributed by atoms with Crippen LogP contribution in [-0.2, 0) is 14.3 Å². The summed E-state index contributed by atoms with van der Waals surface area (Å²) in [5.74, 6) is -0.456. The zero-order valence-electron chi connectivity index (χ0n) is 8.92. The number of hydrogen-bond acceptors (Lipinski definition) is 3. The highest BCUT2D eigenvalue weighted by atomic mass is 16.5. The highest BCUT2D eigenvalue weighted by Crippen LogP contribution is 1.83. The van der Waals surface area contributed by atoms with Gasteiger partial charge in [0.2, 0.25) is 11.8 Å². The second-order valence-electron chi connectivity index (χ2n) is 3.01. The maximum absolute atomic E-state index is 11.3. The number of hydrogen-bond donors (Lipinski definition) is 2. The second-order valence-corrected chi connectivity index (χ2v) is 3.01. The molecule has 0 aromatic rings. The summed E-state index contributed by atoms with van der Waals surface area (Å²) in [5.41, 5.74) is 0. The van der Waals surface area contributed by atoms with Crippen molar-refractivity contribution in [2.45, 2.75) is 26.3 Å². The zero-order chi connectivity index (χ0) is 11.0.